The van der Waals surface area contributed by atoms with Gasteiger partial charge in [-0.3, -0.25) is 38.9 Å². The van der Waals surface area contributed by atoms with Gasteiger partial charge in [0, 0.05) is 18.1 Å². The van der Waals surface area contributed by atoms with Crippen LogP contribution < -0.4 is 38.1 Å². The van der Waals surface area contributed by atoms with E-state index < -0.39 is 65.7 Å². The number of benzene rings is 2. The molecule has 16 heteroatoms. The molecule has 276 valence electrons. The molecule has 0 aliphatic carbocycles. The van der Waals surface area contributed by atoms with E-state index in [1.807, 2.05) is 0 Å². The summed E-state index contributed by atoms with van der Waals surface area (Å²) in [6.45, 7) is 1.27. The molecule has 0 fully saturated rings. The van der Waals surface area contributed by atoms with E-state index in [1.165, 1.54) is 37.3 Å². The molecule has 2 rings (SSSR count). The van der Waals surface area contributed by atoms with Crippen LogP contribution in [0.2, 0.25) is 0 Å². The summed E-state index contributed by atoms with van der Waals surface area (Å²) in [6, 6.07) is 12.0. The smallest absolute Gasteiger partial charge is 0.251 e. The van der Waals surface area contributed by atoms with Crippen molar-refractivity contribution in [2.75, 3.05) is 26.2 Å². The summed E-state index contributed by atoms with van der Waals surface area (Å²) < 4.78 is 0. The Hall–Kier alpha value is -5.48. The molecule has 0 bridgehead atoms. The molecule has 0 aromatic heterocycles. The first-order chi connectivity index (χ1) is 24.4. The van der Waals surface area contributed by atoms with E-state index in [-0.39, 0.29) is 24.2 Å². The Morgan fingerprint density at radius 3 is 1.78 bits per heavy atom. The largest absolute Gasteiger partial charge is 0.345 e. The molecule has 0 heterocycles. The standard InChI is InChI=1S/C35H48N8O8/c1-24(44)28(11-5-7-18-36)40-31(45)22-39-35(49)30(21-26-9-3-2-4-10-26)41-32(46)23-38-34(48)29(12-6-8-19-37)42-33(47)27-15-13-25(14-16-27)17-20-43(50)51/h2-4,9-10,13-17,20,28-30H,5-8,11-12,18-19,21-23,36-37H2,1H3,(H,38,48)(H,39,49)(H,40,45)(H,41,46)(H,42,47)/b20-17+/t28-,29-,30-/m0/s1. The Labute approximate surface area is 296 Å². The number of amides is 5. The third-order valence-corrected chi connectivity index (χ3v) is 7.68. The van der Waals surface area contributed by atoms with Crippen LogP contribution in [0.3, 0.4) is 0 Å². The molecule has 0 aliphatic rings. The number of Topliss-reactive ketones (excluding diaryl/α,β-unsaturated/α-hetero) is 1. The molecular formula is C35H48N8O8. The van der Waals surface area contributed by atoms with Gasteiger partial charge in [0.15, 0.2) is 5.78 Å². The first-order valence-electron chi connectivity index (χ1n) is 16.7. The predicted molar refractivity (Wildman–Crippen MR) is 190 cm³/mol. The maximum atomic E-state index is 13.2. The maximum absolute atomic E-state index is 13.2. The minimum Gasteiger partial charge on any atom is -0.345 e. The number of nitro groups is 1. The van der Waals surface area contributed by atoms with Gasteiger partial charge in [0.2, 0.25) is 29.8 Å². The molecule has 0 spiro atoms. The molecule has 9 N–H and O–H groups in total. The molecule has 0 radical (unpaired) electrons. The summed E-state index contributed by atoms with van der Waals surface area (Å²) in [6.07, 6.45) is 5.24. The first-order valence-corrected chi connectivity index (χ1v) is 16.7. The van der Waals surface area contributed by atoms with Crippen LogP contribution in [0.25, 0.3) is 6.08 Å². The van der Waals surface area contributed by atoms with Crippen molar-refractivity contribution in [2.24, 2.45) is 11.5 Å². The average molecular weight is 709 g/mol. The lowest BCUT2D eigenvalue weighted by atomic mass is 10.0. The Bertz CT molecular complexity index is 1500. The fourth-order valence-electron chi connectivity index (χ4n) is 4.90. The summed E-state index contributed by atoms with van der Waals surface area (Å²) in [7, 11) is 0. The molecule has 2 aromatic rings. The van der Waals surface area contributed by atoms with Crippen LogP contribution in [0.15, 0.2) is 60.8 Å². The van der Waals surface area contributed by atoms with Gasteiger partial charge >= 0.3 is 0 Å². The van der Waals surface area contributed by atoms with E-state index in [4.69, 9.17) is 11.5 Å². The zero-order chi connectivity index (χ0) is 37.6. The third kappa shape index (κ3) is 16.7. The zero-order valence-corrected chi connectivity index (χ0v) is 28.7. The second-order valence-electron chi connectivity index (χ2n) is 11.8. The van der Waals surface area contributed by atoms with Crippen molar-refractivity contribution in [1.29, 1.82) is 0 Å². The van der Waals surface area contributed by atoms with E-state index in [0.717, 1.165) is 11.8 Å². The van der Waals surface area contributed by atoms with Crippen LogP contribution in [0.1, 0.15) is 66.9 Å². The average Bonchev–Trinajstić information content (AvgIpc) is 3.11. The van der Waals surface area contributed by atoms with Crippen molar-refractivity contribution in [3.63, 3.8) is 0 Å². The minimum absolute atomic E-state index is 0.0848. The lowest BCUT2D eigenvalue weighted by Crippen LogP contribution is -2.54. The zero-order valence-electron chi connectivity index (χ0n) is 28.7. The van der Waals surface area contributed by atoms with Crippen LogP contribution >= 0.6 is 0 Å². The van der Waals surface area contributed by atoms with E-state index in [9.17, 15) is 38.9 Å². The number of rotatable bonds is 23. The van der Waals surface area contributed by atoms with Crippen molar-refractivity contribution in [3.05, 3.63) is 87.6 Å². The summed E-state index contributed by atoms with van der Waals surface area (Å²) in [5.41, 5.74) is 12.6. The SMILES string of the molecule is CC(=O)[C@H](CCCCN)NC(=O)CNC(=O)[C@H](Cc1ccccc1)NC(=O)CNC(=O)[C@H](CCCCN)NC(=O)c1ccc(/C=C/[N+](=O)[O-])cc1. The summed E-state index contributed by atoms with van der Waals surface area (Å²) >= 11 is 0. The molecule has 0 unspecified atom stereocenters. The highest BCUT2D eigenvalue weighted by atomic mass is 16.6. The van der Waals surface area contributed by atoms with Gasteiger partial charge in [-0.1, -0.05) is 42.5 Å². The Balaban J connectivity index is 2.04. The minimum atomic E-state index is -1.11. The number of hydrogen-bond donors (Lipinski definition) is 7. The van der Waals surface area contributed by atoms with E-state index >= 15 is 0 Å². The van der Waals surface area contributed by atoms with Crippen LogP contribution in [0, 0.1) is 10.1 Å². The number of nitrogens with one attached hydrogen (secondary N) is 5. The highest BCUT2D eigenvalue weighted by Crippen LogP contribution is 2.09. The van der Waals surface area contributed by atoms with Gasteiger partial charge in [-0.25, -0.2) is 0 Å². The topological polar surface area (TPSA) is 258 Å². The van der Waals surface area contributed by atoms with Crippen molar-refractivity contribution >= 4 is 41.4 Å². The molecule has 5 amide bonds. The maximum Gasteiger partial charge on any atom is 0.251 e. The van der Waals surface area contributed by atoms with Gasteiger partial charge in [-0.05, 0) is 81.8 Å². The Kier molecular flexibility index (Phi) is 18.8. The van der Waals surface area contributed by atoms with Gasteiger partial charge in [0.1, 0.15) is 12.1 Å². The van der Waals surface area contributed by atoms with Crippen molar-refractivity contribution < 1.29 is 33.7 Å². The highest BCUT2D eigenvalue weighted by molar-refractivity contribution is 5.98. The van der Waals surface area contributed by atoms with Crippen LogP contribution in [-0.2, 0) is 30.4 Å². The first kappa shape index (κ1) is 41.7. The highest BCUT2D eigenvalue weighted by Gasteiger charge is 2.25. The van der Waals surface area contributed by atoms with Gasteiger partial charge < -0.3 is 38.1 Å². The number of carbonyl (C=O) groups is 6. The molecule has 16 nitrogen and oxygen atoms in total. The molecule has 3 atom stereocenters. The van der Waals surface area contributed by atoms with E-state index in [2.05, 4.69) is 26.6 Å². The van der Waals surface area contributed by atoms with Crippen LogP contribution in [0.5, 0.6) is 0 Å². The molecule has 0 aliphatic heterocycles. The molecule has 0 saturated heterocycles. The lowest BCUT2D eigenvalue weighted by molar-refractivity contribution is -0.400. The Morgan fingerprint density at radius 2 is 1.25 bits per heavy atom. The predicted octanol–water partition coefficient (Wildman–Crippen LogP) is 0.324. The fraction of sp³-hybridized carbons (Fsp3) is 0.429. The van der Waals surface area contributed by atoms with E-state index in [0.29, 0.717) is 50.8 Å². The van der Waals surface area contributed by atoms with Crippen LogP contribution in [-0.4, -0.2) is 84.5 Å². The fourth-order valence-corrected chi connectivity index (χ4v) is 4.90. The van der Waals surface area contributed by atoms with Crippen molar-refractivity contribution in [1.82, 2.24) is 26.6 Å². The van der Waals surface area contributed by atoms with Crippen LogP contribution in [0.4, 0.5) is 0 Å². The number of unbranched alkanes of at least 4 members (excludes halogenated alkanes) is 2. The molecule has 51 heavy (non-hydrogen) atoms. The summed E-state index contributed by atoms with van der Waals surface area (Å²) in [5.74, 6) is -3.32. The number of ketones is 1. The number of nitrogens with zero attached hydrogens (tertiary/aromatic N) is 1. The van der Waals surface area contributed by atoms with E-state index in [1.54, 1.807) is 30.3 Å². The van der Waals surface area contributed by atoms with Gasteiger partial charge in [0.05, 0.1) is 24.1 Å². The van der Waals surface area contributed by atoms with Gasteiger partial charge in [0.25, 0.3) is 5.91 Å². The van der Waals surface area contributed by atoms with Crippen molar-refractivity contribution in [2.45, 2.75) is 70.0 Å². The third-order valence-electron chi connectivity index (χ3n) is 7.68. The summed E-state index contributed by atoms with van der Waals surface area (Å²) in [5, 5.41) is 23.5. The normalized spacial score (nSPS) is 12.6. The lowest BCUT2D eigenvalue weighted by Gasteiger charge is -2.21. The second-order valence-corrected chi connectivity index (χ2v) is 11.8. The monoisotopic (exact) mass is 708 g/mol. The Morgan fingerprint density at radius 1 is 0.725 bits per heavy atom. The number of carbonyl (C=O) groups excluding carboxylic acids is 6. The van der Waals surface area contributed by atoms with Gasteiger partial charge in [-0.2, -0.15) is 0 Å². The number of nitrogens with two attached hydrogens (primary N) is 2. The molecule has 2 aromatic carbocycles. The quantitative estimate of drug-likeness (QED) is 0.0473. The summed E-state index contributed by atoms with van der Waals surface area (Å²) in [4.78, 5) is 86.8. The van der Waals surface area contributed by atoms with Crippen molar-refractivity contribution in [3.8, 4) is 0 Å². The van der Waals surface area contributed by atoms with Gasteiger partial charge in [-0.15, -0.1) is 0 Å². The number of hydrogen-bond acceptors (Lipinski definition) is 10. The molecular weight excluding hydrogens is 660 g/mol. The molecule has 0 saturated carbocycles. The second kappa shape index (κ2) is 23.0.